The minimum absolute atomic E-state index is 0.379. The van der Waals surface area contributed by atoms with E-state index in [1.54, 1.807) is 26.5 Å². The summed E-state index contributed by atoms with van der Waals surface area (Å²) in [6, 6.07) is 5.53. The fourth-order valence-electron chi connectivity index (χ4n) is 3.28. The van der Waals surface area contributed by atoms with E-state index in [9.17, 15) is 0 Å². The summed E-state index contributed by atoms with van der Waals surface area (Å²) in [7, 11) is 3.22. The van der Waals surface area contributed by atoms with Crippen molar-refractivity contribution >= 4 is 24.1 Å². The van der Waals surface area contributed by atoms with Crippen molar-refractivity contribution in [1.82, 2.24) is 15.0 Å². The van der Waals surface area contributed by atoms with E-state index in [2.05, 4.69) is 35.3 Å². The zero-order valence-electron chi connectivity index (χ0n) is 17.8. The number of aromatic nitrogens is 3. The lowest BCUT2D eigenvalue weighted by Crippen LogP contribution is -2.40. The molecule has 166 valence electrons. The van der Waals surface area contributed by atoms with Crippen LogP contribution in [-0.4, -0.2) is 88.0 Å². The molecule has 2 aliphatic heterocycles. The van der Waals surface area contributed by atoms with Crippen molar-refractivity contribution < 1.29 is 18.9 Å². The predicted octanol–water partition coefficient (Wildman–Crippen LogP) is 1.01. The van der Waals surface area contributed by atoms with Gasteiger partial charge in [-0.05, 0) is 12.1 Å². The van der Waals surface area contributed by atoms with Crippen molar-refractivity contribution in [2.45, 2.75) is 0 Å². The van der Waals surface area contributed by atoms with E-state index in [-0.39, 0.29) is 0 Å². The van der Waals surface area contributed by atoms with Gasteiger partial charge in [-0.2, -0.15) is 20.1 Å². The molecule has 11 nitrogen and oxygen atoms in total. The Hall–Kier alpha value is -3.18. The van der Waals surface area contributed by atoms with Crippen molar-refractivity contribution in [2.75, 3.05) is 82.1 Å². The van der Waals surface area contributed by atoms with E-state index in [4.69, 9.17) is 18.9 Å². The zero-order valence-corrected chi connectivity index (χ0v) is 17.8. The molecule has 2 aromatic rings. The number of hydrogen-bond donors (Lipinski definition) is 1. The number of anilines is 3. The van der Waals surface area contributed by atoms with Crippen LogP contribution in [0.5, 0.6) is 11.5 Å². The number of ether oxygens (including phenoxy) is 4. The van der Waals surface area contributed by atoms with E-state index in [0.29, 0.717) is 55.8 Å². The average Bonchev–Trinajstić information content (AvgIpc) is 2.84. The maximum absolute atomic E-state index is 5.45. The van der Waals surface area contributed by atoms with Gasteiger partial charge in [0, 0.05) is 37.8 Å². The molecule has 0 atom stereocenters. The summed E-state index contributed by atoms with van der Waals surface area (Å²) in [4.78, 5) is 18.0. The summed E-state index contributed by atoms with van der Waals surface area (Å²) in [6.07, 6.45) is 1.66. The van der Waals surface area contributed by atoms with Crippen molar-refractivity contribution in [3.05, 3.63) is 23.8 Å². The van der Waals surface area contributed by atoms with Gasteiger partial charge in [0.2, 0.25) is 17.8 Å². The maximum Gasteiger partial charge on any atom is 0.250 e. The molecule has 4 rings (SSSR count). The van der Waals surface area contributed by atoms with Gasteiger partial charge < -0.3 is 28.7 Å². The molecule has 0 bridgehead atoms. The molecule has 3 heterocycles. The fourth-order valence-corrected chi connectivity index (χ4v) is 3.28. The number of nitrogens with zero attached hydrogens (tertiary/aromatic N) is 6. The number of methoxy groups -OCH3 is 2. The first-order valence-corrected chi connectivity index (χ1v) is 10.2. The largest absolute Gasteiger partial charge is 0.497 e. The van der Waals surface area contributed by atoms with Gasteiger partial charge >= 0.3 is 0 Å². The summed E-state index contributed by atoms with van der Waals surface area (Å²) in [5.74, 6) is 2.97. The highest BCUT2D eigenvalue weighted by molar-refractivity contribution is 5.81. The maximum atomic E-state index is 5.45. The predicted molar refractivity (Wildman–Crippen MR) is 117 cm³/mol. The smallest absolute Gasteiger partial charge is 0.250 e. The van der Waals surface area contributed by atoms with E-state index >= 15 is 0 Å². The van der Waals surface area contributed by atoms with Crippen molar-refractivity contribution in [2.24, 2.45) is 5.10 Å². The first kappa shape index (κ1) is 21.1. The molecular weight excluding hydrogens is 402 g/mol. The number of benzene rings is 1. The van der Waals surface area contributed by atoms with Crippen LogP contribution in [0.25, 0.3) is 0 Å². The van der Waals surface area contributed by atoms with Crippen LogP contribution < -0.4 is 24.7 Å². The topological polar surface area (TPSA) is 106 Å². The van der Waals surface area contributed by atoms with Gasteiger partial charge in [0.1, 0.15) is 11.5 Å². The first-order chi connectivity index (χ1) is 15.2. The highest BCUT2D eigenvalue weighted by atomic mass is 16.5. The van der Waals surface area contributed by atoms with Crippen molar-refractivity contribution in [3.8, 4) is 11.5 Å². The Bertz CT molecular complexity index is 841. The van der Waals surface area contributed by atoms with E-state index < -0.39 is 0 Å². The average molecular weight is 429 g/mol. The Kier molecular flexibility index (Phi) is 6.95. The summed E-state index contributed by atoms with van der Waals surface area (Å²) in [5.41, 5.74) is 3.76. The van der Waals surface area contributed by atoms with Gasteiger partial charge in [0.05, 0.1) is 46.9 Å². The molecule has 0 saturated carbocycles. The van der Waals surface area contributed by atoms with Gasteiger partial charge in [0.15, 0.2) is 0 Å². The van der Waals surface area contributed by atoms with Crippen LogP contribution in [0.3, 0.4) is 0 Å². The van der Waals surface area contributed by atoms with Crippen LogP contribution in [0.1, 0.15) is 5.56 Å². The highest BCUT2D eigenvalue weighted by Gasteiger charge is 2.20. The number of morpholine rings is 2. The molecule has 1 aromatic carbocycles. The number of rotatable bonds is 7. The second-order valence-electron chi connectivity index (χ2n) is 6.97. The molecule has 0 aliphatic carbocycles. The van der Waals surface area contributed by atoms with Gasteiger partial charge in [-0.15, -0.1) is 0 Å². The molecule has 11 heteroatoms. The third-order valence-corrected chi connectivity index (χ3v) is 4.95. The van der Waals surface area contributed by atoms with Gasteiger partial charge in [-0.1, -0.05) is 0 Å². The van der Waals surface area contributed by atoms with Crippen LogP contribution in [0.4, 0.5) is 17.8 Å². The summed E-state index contributed by atoms with van der Waals surface area (Å²) in [5, 5.41) is 4.31. The minimum atomic E-state index is 0.379. The lowest BCUT2D eigenvalue weighted by atomic mass is 10.2. The van der Waals surface area contributed by atoms with Crippen molar-refractivity contribution in [3.63, 3.8) is 0 Å². The summed E-state index contributed by atoms with van der Waals surface area (Å²) < 4.78 is 21.5. The molecule has 31 heavy (non-hydrogen) atoms. The Morgan fingerprint density at radius 3 is 1.84 bits per heavy atom. The van der Waals surface area contributed by atoms with Crippen LogP contribution in [0, 0.1) is 0 Å². The molecule has 1 aromatic heterocycles. The quantitative estimate of drug-likeness (QED) is 0.506. The third-order valence-electron chi connectivity index (χ3n) is 4.95. The molecule has 2 aliphatic rings. The SMILES string of the molecule is COc1cc(/C=N/Nc2nc(N3CCOCC3)nc(N3CCOCC3)n2)cc(OC)c1. The number of hydrazone groups is 1. The zero-order chi connectivity index (χ0) is 21.5. The second kappa shape index (κ2) is 10.2. The lowest BCUT2D eigenvalue weighted by Gasteiger charge is -2.30. The van der Waals surface area contributed by atoms with E-state index in [1.807, 2.05) is 12.1 Å². The van der Waals surface area contributed by atoms with Crippen molar-refractivity contribution in [1.29, 1.82) is 0 Å². The summed E-state index contributed by atoms with van der Waals surface area (Å²) >= 11 is 0. The Morgan fingerprint density at radius 1 is 0.839 bits per heavy atom. The van der Waals surface area contributed by atoms with Gasteiger partial charge in [-0.3, -0.25) is 0 Å². The molecule has 0 spiro atoms. The highest BCUT2D eigenvalue weighted by Crippen LogP contribution is 2.22. The van der Waals surface area contributed by atoms with Gasteiger partial charge in [0.25, 0.3) is 0 Å². The standard InChI is InChI=1S/C20H27N7O4/c1-28-16-11-15(12-17(13-16)29-2)14-21-25-18-22-19(26-3-7-30-8-4-26)24-20(23-18)27-5-9-31-10-6-27/h11-14H,3-10H2,1-2H3,(H,22,23,24,25)/b21-14+. The Labute approximate surface area is 181 Å². The Morgan fingerprint density at radius 2 is 1.35 bits per heavy atom. The van der Waals surface area contributed by atoms with Crippen LogP contribution in [-0.2, 0) is 9.47 Å². The molecule has 0 amide bonds. The molecule has 0 unspecified atom stereocenters. The monoisotopic (exact) mass is 429 g/mol. The summed E-state index contributed by atoms with van der Waals surface area (Å²) in [6.45, 7) is 5.54. The molecule has 0 radical (unpaired) electrons. The first-order valence-electron chi connectivity index (χ1n) is 10.2. The van der Waals surface area contributed by atoms with Crippen LogP contribution in [0.15, 0.2) is 23.3 Å². The molecule has 2 saturated heterocycles. The number of hydrogen-bond acceptors (Lipinski definition) is 11. The van der Waals surface area contributed by atoms with Crippen LogP contribution >= 0.6 is 0 Å². The minimum Gasteiger partial charge on any atom is -0.497 e. The number of nitrogens with one attached hydrogen (secondary N) is 1. The molecular formula is C20H27N7O4. The normalized spacial score (nSPS) is 17.1. The van der Waals surface area contributed by atoms with E-state index in [1.165, 1.54) is 0 Å². The van der Waals surface area contributed by atoms with E-state index in [0.717, 1.165) is 31.7 Å². The molecule has 1 N–H and O–H groups in total. The lowest BCUT2D eigenvalue weighted by molar-refractivity contribution is 0.121. The van der Waals surface area contributed by atoms with Crippen LogP contribution in [0.2, 0.25) is 0 Å². The fraction of sp³-hybridized carbons (Fsp3) is 0.500. The molecule has 2 fully saturated rings. The second-order valence-corrected chi connectivity index (χ2v) is 6.97. The third kappa shape index (κ3) is 5.50. The van der Waals surface area contributed by atoms with Gasteiger partial charge in [-0.25, -0.2) is 5.43 Å². The Balaban J connectivity index is 1.55.